The third-order valence-corrected chi connectivity index (χ3v) is 12.2. The van der Waals surface area contributed by atoms with Crippen molar-refractivity contribution in [2.75, 3.05) is 36.6 Å². The molecule has 2 aromatic heterocycles. The minimum absolute atomic E-state index is 0.00621. The van der Waals surface area contributed by atoms with Crippen molar-refractivity contribution in [1.29, 1.82) is 0 Å². The summed E-state index contributed by atoms with van der Waals surface area (Å²) in [6.07, 6.45) is 6.26. The zero-order valence-electron chi connectivity index (χ0n) is 31.7. The summed E-state index contributed by atoms with van der Waals surface area (Å²) >= 11 is 0. The summed E-state index contributed by atoms with van der Waals surface area (Å²) in [5, 5.41) is 7.74. The Balaban J connectivity index is 1.33. The number of rotatable bonds is 12. The molecule has 18 heteroatoms. The van der Waals surface area contributed by atoms with Gasteiger partial charge in [-0.2, -0.15) is 5.01 Å². The largest absolute Gasteiger partial charge is 0.378 e. The van der Waals surface area contributed by atoms with E-state index in [9.17, 15) is 31.2 Å². The Kier molecular flexibility index (Phi) is 13.1. The van der Waals surface area contributed by atoms with Gasteiger partial charge in [-0.05, 0) is 104 Å². The first-order chi connectivity index (χ1) is 27.8. The molecule has 3 heterocycles. The maximum absolute atomic E-state index is 14.2. The van der Waals surface area contributed by atoms with Crippen LogP contribution in [-0.2, 0) is 37.7 Å². The Morgan fingerprint density at radius 2 is 1.40 bits per heavy atom. The highest BCUT2D eigenvalue weighted by Gasteiger charge is 2.30. The fraction of sp³-hybridized carbons (Fsp3) is 0.225. The predicted octanol–water partition coefficient (Wildman–Crippen LogP) is 4.83. The van der Waals surface area contributed by atoms with Crippen molar-refractivity contribution in [3.05, 3.63) is 139 Å². The lowest BCUT2D eigenvalue weighted by Crippen LogP contribution is -2.54. The number of anilines is 2. The Bertz CT molecular complexity index is 2430. The molecule has 58 heavy (non-hydrogen) atoms. The number of nitrogens with zero attached hydrogens (tertiary/aromatic N) is 5. The second-order valence-electron chi connectivity index (χ2n) is 13.4. The number of benzene rings is 3. The van der Waals surface area contributed by atoms with Crippen LogP contribution in [0.1, 0.15) is 35.3 Å². The molecule has 6 rings (SSSR count). The van der Waals surface area contributed by atoms with E-state index in [1.54, 1.807) is 67.7 Å². The second kappa shape index (κ2) is 18.4. The van der Waals surface area contributed by atoms with E-state index in [4.69, 9.17) is 4.74 Å². The zero-order chi connectivity index (χ0) is 41.3. The van der Waals surface area contributed by atoms with Gasteiger partial charge in [0.25, 0.3) is 5.91 Å². The van der Waals surface area contributed by atoms with Crippen LogP contribution in [0.3, 0.4) is 0 Å². The minimum atomic E-state index is -4.15. The van der Waals surface area contributed by atoms with E-state index in [0.29, 0.717) is 37.4 Å². The maximum Gasteiger partial charge on any atom is 0.341 e. The van der Waals surface area contributed by atoms with Crippen LogP contribution < -0.4 is 20.4 Å². The first kappa shape index (κ1) is 41.4. The van der Waals surface area contributed by atoms with E-state index >= 15 is 0 Å². The van der Waals surface area contributed by atoms with Gasteiger partial charge in [-0.25, -0.2) is 36.2 Å². The molecule has 0 radical (unpaired) electrons. The molecule has 3 aromatic carbocycles. The van der Waals surface area contributed by atoms with Gasteiger partial charge in [0, 0.05) is 61.7 Å². The van der Waals surface area contributed by atoms with Crippen molar-refractivity contribution in [2.45, 2.75) is 47.7 Å². The van der Waals surface area contributed by atoms with Gasteiger partial charge in [-0.15, -0.1) is 0 Å². The number of hydrogen-bond acceptors (Lipinski definition) is 10. The molecule has 16 nitrogen and oxygen atoms in total. The SMILES string of the molecule is CC(C)NS(=O)(=O)c1ccc(NC(=O)N(Cc2cccnc2)N(C(=O)NCc2cccnc2)c2ccc(S(=O)(=O)c3cccc(C(=O)N4CCOCC4)c3)cc2)cc1. The van der Waals surface area contributed by atoms with Crippen LogP contribution in [0.25, 0.3) is 0 Å². The number of ether oxygens (including phenoxy) is 1. The summed E-state index contributed by atoms with van der Waals surface area (Å²) in [6, 6.07) is 21.8. The van der Waals surface area contributed by atoms with Crippen LogP contribution >= 0.6 is 0 Å². The van der Waals surface area contributed by atoms with Crippen molar-refractivity contribution in [3.8, 4) is 0 Å². The molecule has 1 fully saturated rings. The van der Waals surface area contributed by atoms with Crippen molar-refractivity contribution in [3.63, 3.8) is 0 Å². The predicted molar refractivity (Wildman–Crippen MR) is 215 cm³/mol. The molecular formula is C40H42N8O8S2. The van der Waals surface area contributed by atoms with Crippen LogP contribution in [0.5, 0.6) is 0 Å². The number of aromatic nitrogens is 2. The molecule has 0 bridgehead atoms. The second-order valence-corrected chi connectivity index (χ2v) is 17.1. The summed E-state index contributed by atoms with van der Waals surface area (Å²) in [7, 11) is -7.96. The molecule has 0 unspecified atom stereocenters. The van der Waals surface area contributed by atoms with Gasteiger partial charge in [0.15, 0.2) is 0 Å². The number of morpholine rings is 1. The third-order valence-electron chi connectivity index (χ3n) is 8.78. The summed E-state index contributed by atoms with van der Waals surface area (Å²) in [5.74, 6) is -0.306. The highest BCUT2D eigenvalue weighted by molar-refractivity contribution is 7.91. The Hall–Kier alpha value is -6.21. The molecule has 0 saturated carbocycles. The van der Waals surface area contributed by atoms with Crippen LogP contribution in [0, 0.1) is 0 Å². The number of urea groups is 2. The Morgan fingerprint density at radius 1 is 0.759 bits per heavy atom. The van der Waals surface area contributed by atoms with Gasteiger partial charge in [0.05, 0.1) is 40.1 Å². The highest BCUT2D eigenvalue weighted by Crippen LogP contribution is 2.27. The van der Waals surface area contributed by atoms with E-state index in [1.165, 1.54) is 72.9 Å². The van der Waals surface area contributed by atoms with E-state index in [1.807, 2.05) is 0 Å². The first-order valence-electron chi connectivity index (χ1n) is 18.2. The number of sulfonamides is 1. The van der Waals surface area contributed by atoms with Crippen LogP contribution in [0.2, 0.25) is 0 Å². The number of pyridine rings is 2. The summed E-state index contributed by atoms with van der Waals surface area (Å²) in [5.41, 5.74) is 1.80. The van der Waals surface area contributed by atoms with E-state index in [-0.39, 0.29) is 56.7 Å². The molecule has 1 saturated heterocycles. The number of hydrogen-bond donors (Lipinski definition) is 3. The fourth-order valence-corrected chi connectivity index (χ4v) is 8.51. The van der Waals surface area contributed by atoms with Gasteiger partial charge in [-0.3, -0.25) is 14.8 Å². The number of nitrogens with one attached hydrogen (secondary N) is 3. The van der Waals surface area contributed by atoms with Crippen LogP contribution in [0.15, 0.2) is 137 Å². The first-order valence-corrected chi connectivity index (χ1v) is 21.2. The van der Waals surface area contributed by atoms with Gasteiger partial charge in [0.2, 0.25) is 19.9 Å². The average Bonchev–Trinajstić information content (AvgIpc) is 3.23. The number of amides is 5. The lowest BCUT2D eigenvalue weighted by atomic mass is 10.2. The molecule has 1 aliphatic rings. The molecule has 1 aliphatic heterocycles. The minimum Gasteiger partial charge on any atom is -0.378 e. The van der Waals surface area contributed by atoms with Crippen LogP contribution in [-0.4, -0.2) is 87.0 Å². The van der Waals surface area contributed by atoms with Crippen LogP contribution in [0.4, 0.5) is 21.0 Å². The molecule has 3 N–H and O–H groups in total. The van der Waals surface area contributed by atoms with E-state index in [0.717, 1.165) is 10.0 Å². The maximum atomic E-state index is 14.2. The number of sulfone groups is 1. The zero-order valence-corrected chi connectivity index (χ0v) is 33.3. The quantitative estimate of drug-likeness (QED) is 0.146. The summed E-state index contributed by atoms with van der Waals surface area (Å²) < 4.78 is 61.1. The molecular weight excluding hydrogens is 785 g/mol. The van der Waals surface area contributed by atoms with Gasteiger partial charge >= 0.3 is 12.1 Å². The normalized spacial score (nSPS) is 13.1. The molecule has 5 aromatic rings. The van der Waals surface area contributed by atoms with E-state index in [2.05, 4.69) is 25.3 Å². The van der Waals surface area contributed by atoms with Gasteiger partial charge < -0.3 is 20.3 Å². The topological polar surface area (TPSA) is 200 Å². The number of carbonyl (C=O) groups excluding carboxylic acids is 3. The smallest absolute Gasteiger partial charge is 0.341 e. The number of hydrazine groups is 1. The van der Waals surface area contributed by atoms with E-state index < -0.39 is 31.9 Å². The fourth-order valence-electron chi connectivity index (χ4n) is 5.95. The van der Waals surface area contributed by atoms with Crippen molar-refractivity contribution >= 4 is 49.2 Å². The van der Waals surface area contributed by atoms with Gasteiger partial charge in [0.1, 0.15) is 0 Å². The lowest BCUT2D eigenvalue weighted by Gasteiger charge is -2.35. The standard InChI is InChI=1S/C40H42N8O8S2/c1-29(2)45-58(54,55)36-14-10-33(11-15-36)44-40(51)47(28-31-7-5-19-42-26-31)48(39(50)43-27-30-6-4-18-41-25-30)34-12-16-35(17-13-34)57(52,53)37-9-3-8-32(24-37)38(49)46-20-22-56-23-21-46/h3-19,24-26,29,45H,20-23,27-28H2,1-2H3,(H,43,50)(H,44,51). The number of carbonyl (C=O) groups is 3. The molecule has 0 spiro atoms. The molecule has 0 aliphatic carbocycles. The summed E-state index contributed by atoms with van der Waals surface area (Å²) in [4.78, 5) is 51.2. The molecule has 5 amide bonds. The lowest BCUT2D eigenvalue weighted by molar-refractivity contribution is 0.0302. The molecule has 302 valence electrons. The van der Waals surface area contributed by atoms with Crippen molar-refractivity contribution < 1.29 is 36.0 Å². The monoisotopic (exact) mass is 826 g/mol. The molecule has 0 atom stereocenters. The van der Waals surface area contributed by atoms with Crippen molar-refractivity contribution in [1.82, 2.24) is 29.9 Å². The van der Waals surface area contributed by atoms with Crippen molar-refractivity contribution in [2.24, 2.45) is 0 Å². The van der Waals surface area contributed by atoms with Gasteiger partial charge in [-0.1, -0.05) is 18.2 Å². The summed E-state index contributed by atoms with van der Waals surface area (Å²) in [6.45, 7) is 4.84. The third kappa shape index (κ3) is 10.2. The Morgan fingerprint density at radius 3 is 2.02 bits per heavy atom. The average molecular weight is 827 g/mol. The highest BCUT2D eigenvalue weighted by atomic mass is 32.2. The Labute approximate surface area is 336 Å².